The first-order valence-electron chi connectivity index (χ1n) is 9.48. The van der Waals surface area contributed by atoms with E-state index in [9.17, 15) is 9.90 Å². The van der Waals surface area contributed by atoms with Crippen molar-refractivity contribution in [3.63, 3.8) is 0 Å². The van der Waals surface area contributed by atoms with Gasteiger partial charge in [0.05, 0.1) is 38.7 Å². The Hall–Kier alpha value is -2.12. The summed E-state index contributed by atoms with van der Waals surface area (Å²) in [4.78, 5) is 24.4. The second-order valence-electron chi connectivity index (χ2n) is 6.72. The van der Waals surface area contributed by atoms with Gasteiger partial charge in [-0.15, -0.1) is 0 Å². The summed E-state index contributed by atoms with van der Waals surface area (Å²) in [5.41, 5.74) is 2.17. The van der Waals surface area contributed by atoms with Crippen LogP contribution in [0.15, 0.2) is 35.5 Å². The highest BCUT2D eigenvalue weighted by atomic mass is 32.2. The van der Waals surface area contributed by atoms with Gasteiger partial charge in [-0.2, -0.15) is 0 Å². The van der Waals surface area contributed by atoms with Gasteiger partial charge in [-0.1, -0.05) is 36.9 Å². The molecule has 0 aliphatic carbocycles. The number of anilines is 1. The van der Waals surface area contributed by atoms with E-state index in [1.54, 1.807) is 23.1 Å². The Bertz CT molecular complexity index is 791. The molecule has 0 spiro atoms. The zero-order chi connectivity index (χ0) is 19.2. The number of piperazine rings is 1. The fraction of sp³-hybridized carbons (Fsp3) is 0.450. The predicted octanol–water partition coefficient (Wildman–Crippen LogP) is 0.420. The fourth-order valence-electron chi connectivity index (χ4n) is 3.21. The zero-order valence-electron chi connectivity index (χ0n) is 15.9. The molecule has 0 unspecified atom stereocenters. The van der Waals surface area contributed by atoms with Gasteiger partial charge in [0.25, 0.3) is 0 Å². The Balaban J connectivity index is 1.72. The molecule has 0 bridgehead atoms. The van der Waals surface area contributed by atoms with Crippen molar-refractivity contribution < 1.29 is 14.8 Å². The van der Waals surface area contributed by atoms with Gasteiger partial charge in [-0.3, -0.25) is 0 Å². The van der Waals surface area contributed by atoms with Gasteiger partial charge in [0.1, 0.15) is 5.82 Å². The molecule has 6 nitrogen and oxygen atoms in total. The third-order valence-corrected chi connectivity index (χ3v) is 5.85. The normalized spacial score (nSPS) is 15.1. The Kier molecular flexibility index (Phi) is 6.68. The number of benzene rings is 1. The molecule has 0 atom stereocenters. The quantitative estimate of drug-likeness (QED) is 0.549. The summed E-state index contributed by atoms with van der Waals surface area (Å²) in [6, 6.07) is 8.95. The number of rotatable bonds is 7. The van der Waals surface area contributed by atoms with Gasteiger partial charge in [-0.25, -0.2) is 9.97 Å². The number of quaternary nitrogens is 1. The molecular weight excluding hydrogens is 360 g/mol. The molecule has 3 rings (SSSR count). The van der Waals surface area contributed by atoms with Crippen molar-refractivity contribution >= 4 is 23.5 Å². The number of nitrogens with zero attached hydrogens (tertiary/aromatic N) is 3. The Morgan fingerprint density at radius 1 is 1.22 bits per heavy atom. The molecule has 1 aromatic heterocycles. The molecule has 144 valence electrons. The highest BCUT2D eigenvalue weighted by molar-refractivity contribution is 7.98. The smallest absolute Gasteiger partial charge is 0.190 e. The molecule has 2 aromatic rings. The van der Waals surface area contributed by atoms with E-state index < -0.39 is 5.97 Å². The van der Waals surface area contributed by atoms with Crippen LogP contribution in [-0.2, 0) is 12.2 Å². The first-order valence-corrected chi connectivity index (χ1v) is 10.5. The minimum atomic E-state index is -1.15. The Morgan fingerprint density at radius 2 is 2.00 bits per heavy atom. The molecule has 27 heavy (non-hydrogen) atoms. The molecule has 0 radical (unpaired) electrons. The van der Waals surface area contributed by atoms with Gasteiger partial charge in [0.15, 0.2) is 5.16 Å². The summed E-state index contributed by atoms with van der Waals surface area (Å²) in [7, 11) is 0. The standard InChI is InChI=1S/C20H26N4O2S/c1-3-17-13-18(24-10-8-23(4-2)9-11-24)22-20(21-17)27-14-15-6-5-7-16(12-15)19(25)26/h5-7,12-13H,3-4,8-11,14H2,1-2H3,(H,25,26). The summed E-state index contributed by atoms with van der Waals surface area (Å²) in [6.45, 7) is 9.81. The van der Waals surface area contributed by atoms with Crippen LogP contribution in [0.1, 0.15) is 35.5 Å². The van der Waals surface area contributed by atoms with Crippen LogP contribution in [0.3, 0.4) is 0 Å². The van der Waals surface area contributed by atoms with E-state index in [1.165, 1.54) is 18.3 Å². The lowest BCUT2D eigenvalue weighted by Crippen LogP contribution is -3.14. The van der Waals surface area contributed by atoms with Crippen LogP contribution in [-0.4, -0.2) is 48.7 Å². The lowest BCUT2D eigenvalue weighted by molar-refractivity contribution is -0.898. The predicted molar refractivity (Wildman–Crippen MR) is 105 cm³/mol. The fourth-order valence-corrected chi connectivity index (χ4v) is 4.02. The Labute approximate surface area is 164 Å². The molecule has 2 heterocycles. The average Bonchev–Trinajstić information content (AvgIpc) is 2.72. The van der Waals surface area contributed by atoms with E-state index in [-0.39, 0.29) is 5.56 Å². The van der Waals surface area contributed by atoms with Gasteiger partial charge in [-0.05, 0) is 30.5 Å². The number of aryl methyl sites for hydroxylation is 1. The summed E-state index contributed by atoms with van der Waals surface area (Å²) in [5, 5.41) is 11.8. The van der Waals surface area contributed by atoms with Crippen molar-refractivity contribution in [1.29, 1.82) is 0 Å². The van der Waals surface area contributed by atoms with Crippen molar-refractivity contribution in [2.45, 2.75) is 31.2 Å². The lowest BCUT2D eigenvalue weighted by atomic mass is 10.1. The summed E-state index contributed by atoms with van der Waals surface area (Å²) >= 11 is 1.54. The molecule has 0 saturated carbocycles. The number of hydrogen-bond donors (Lipinski definition) is 1. The van der Waals surface area contributed by atoms with Crippen molar-refractivity contribution in [3.8, 4) is 0 Å². The van der Waals surface area contributed by atoms with Crippen LogP contribution in [0.5, 0.6) is 0 Å². The highest BCUT2D eigenvalue weighted by Crippen LogP contribution is 2.23. The summed E-state index contributed by atoms with van der Waals surface area (Å²) in [6.07, 6.45) is 0.865. The van der Waals surface area contributed by atoms with Crippen LogP contribution in [0.4, 0.5) is 5.82 Å². The number of carbonyl (C=O) groups excluding carboxylic acids is 1. The number of aromatic carboxylic acids is 1. The molecule has 1 aliphatic rings. The number of thioether (sulfide) groups is 1. The maximum Gasteiger partial charge on any atom is 0.190 e. The van der Waals surface area contributed by atoms with Gasteiger partial charge in [0.2, 0.25) is 0 Å². The zero-order valence-corrected chi connectivity index (χ0v) is 16.7. The summed E-state index contributed by atoms with van der Waals surface area (Å²) < 4.78 is 0. The van der Waals surface area contributed by atoms with Crippen LogP contribution in [0, 0.1) is 0 Å². The van der Waals surface area contributed by atoms with E-state index in [0.717, 1.165) is 54.8 Å². The topological polar surface area (TPSA) is 73.6 Å². The summed E-state index contributed by atoms with van der Waals surface area (Å²) in [5.74, 6) is 0.478. The number of carboxylic acid groups (broad SMARTS) is 1. The minimum absolute atomic E-state index is 0.202. The Morgan fingerprint density at radius 3 is 2.67 bits per heavy atom. The molecule has 7 heteroatoms. The first-order chi connectivity index (χ1) is 13.1. The van der Waals surface area contributed by atoms with Crippen molar-refractivity contribution in [1.82, 2.24) is 9.97 Å². The van der Waals surface area contributed by atoms with Gasteiger partial charge in [0, 0.05) is 17.5 Å². The second-order valence-corrected chi connectivity index (χ2v) is 7.66. The molecule has 1 fully saturated rings. The third-order valence-electron chi connectivity index (χ3n) is 4.93. The number of carbonyl (C=O) groups is 1. The van der Waals surface area contributed by atoms with Crippen molar-refractivity contribution in [2.24, 2.45) is 0 Å². The van der Waals surface area contributed by atoms with E-state index in [4.69, 9.17) is 4.98 Å². The van der Waals surface area contributed by atoms with Gasteiger partial charge < -0.3 is 19.7 Å². The largest absolute Gasteiger partial charge is 0.545 e. The van der Waals surface area contributed by atoms with Crippen LogP contribution in [0.25, 0.3) is 0 Å². The van der Waals surface area contributed by atoms with Crippen molar-refractivity contribution in [2.75, 3.05) is 37.6 Å². The number of likely N-dealkylation sites (N-methyl/N-ethyl adjacent to an activating group) is 1. The minimum Gasteiger partial charge on any atom is -0.545 e. The maximum atomic E-state index is 11.0. The lowest BCUT2D eigenvalue weighted by Gasteiger charge is -2.32. The number of hydrogen-bond acceptors (Lipinski definition) is 6. The maximum absolute atomic E-state index is 11.0. The molecule has 1 N–H and O–H groups in total. The molecule has 0 amide bonds. The molecule has 1 saturated heterocycles. The van der Waals surface area contributed by atoms with E-state index >= 15 is 0 Å². The molecular formula is C20H26N4O2S. The average molecular weight is 387 g/mol. The number of carboxylic acids is 1. The molecule has 1 aromatic carbocycles. The highest BCUT2D eigenvalue weighted by Gasteiger charge is 2.20. The van der Waals surface area contributed by atoms with Gasteiger partial charge >= 0.3 is 0 Å². The van der Waals surface area contributed by atoms with E-state index in [0.29, 0.717) is 5.75 Å². The monoisotopic (exact) mass is 386 g/mol. The number of aromatic nitrogens is 2. The van der Waals surface area contributed by atoms with Crippen LogP contribution >= 0.6 is 11.8 Å². The number of nitrogens with one attached hydrogen (secondary N) is 1. The van der Waals surface area contributed by atoms with E-state index in [1.807, 2.05) is 6.07 Å². The SMILES string of the molecule is CCc1cc(N2CC[NH+](CC)CC2)nc(SCc2cccc(C(=O)[O-])c2)n1. The van der Waals surface area contributed by atoms with Crippen LogP contribution in [0.2, 0.25) is 0 Å². The van der Waals surface area contributed by atoms with E-state index in [2.05, 4.69) is 29.8 Å². The van der Waals surface area contributed by atoms with Crippen molar-refractivity contribution in [3.05, 3.63) is 47.2 Å². The van der Waals surface area contributed by atoms with Crippen LogP contribution < -0.4 is 14.9 Å². The second kappa shape index (κ2) is 9.19. The first kappa shape index (κ1) is 19.6. The molecule has 1 aliphatic heterocycles. The third kappa shape index (κ3) is 5.20.